The molecule has 170 valence electrons. The van der Waals surface area contributed by atoms with Crippen LogP contribution in [0.1, 0.15) is 30.5 Å². The Labute approximate surface area is 194 Å². The molecular weight excluding hydrogens is 424 g/mol. The average Bonchev–Trinajstić information content (AvgIpc) is 2.77. The van der Waals surface area contributed by atoms with E-state index in [1.165, 1.54) is 0 Å². The molecule has 1 heterocycles. The van der Waals surface area contributed by atoms with Crippen molar-refractivity contribution >= 4 is 34.2 Å². The molecule has 0 unspecified atom stereocenters. The van der Waals surface area contributed by atoms with Gasteiger partial charge in [0.05, 0.1) is 12.1 Å². The quantitative estimate of drug-likeness (QED) is 0.493. The number of amides is 2. The summed E-state index contributed by atoms with van der Waals surface area (Å²) < 4.78 is 0. The van der Waals surface area contributed by atoms with Gasteiger partial charge in [0, 0.05) is 29.4 Å². The second kappa shape index (κ2) is 10.7. The fraction of sp³-hybridized carbons (Fsp3) is 0.360. The molecule has 32 heavy (non-hydrogen) atoms. The first-order valence-corrected chi connectivity index (χ1v) is 11.4. The Bertz CT molecular complexity index is 1150. The van der Waals surface area contributed by atoms with Gasteiger partial charge in [-0.3, -0.25) is 4.79 Å². The van der Waals surface area contributed by atoms with Crippen LogP contribution in [0.2, 0.25) is 5.02 Å². The van der Waals surface area contributed by atoms with Crippen molar-refractivity contribution in [2.45, 2.75) is 34.2 Å². The van der Waals surface area contributed by atoms with Gasteiger partial charge in [0.1, 0.15) is 0 Å². The molecule has 0 aliphatic heterocycles. The highest BCUT2D eigenvalue weighted by Gasteiger charge is 2.18. The van der Waals surface area contributed by atoms with E-state index in [0.29, 0.717) is 22.8 Å². The van der Waals surface area contributed by atoms with Gasteiger partial charge in [-0.1, -0.05) is 43.6 Å². The molecule has 1 aromatic heterocycles. The molecular formula is C25H31ClN4O2. The molecule has 6 nitrogen and oxygen atoms in total. The van der Waals surface area contributed by atoms with Gasteiger partial charge in [0.2, 0.25) is 0 Å². The summed E-state index contributed by atoms with van der Waals surface area (Å²) in [6, 6.07) is 12.7. The zero-order chi connectivity index (χ0) is 23.3. The number of rotatable bonds is 8. The third-order valence-electron chi connectivity index (χ3n) is 5.93. The lowest BCUT2D eigenvalue weighted by atomic mass is 10.0. The van der Waals surface area contributed by atoms with Crippen LogP contribution < -0.4 is 10.9 Å². The Balaban J connectivity index is 1.88. The lowest BCUT2D eigenvalue weighted by Crippen LogP contribution is -2.41. The maximum absolute atomic E-state index is 13.1. The summed E-state index contributed by atoms with van der Waals surface area (Å²) in [5, 5.41) is 4.42. The summed E-state index contributed by atoms with van der Waals surface area (Å²) in [7, 11) is 0. The molecule has 0 saturated heterocycles. The van der Waals surface area contributed by atoms with Crippen molar-refractivity contribution < 1.29 is 4.79 Å². The van der Waals surface area contributed by atoms with E-state index in [9.17, 15) is 9.59 Å². The van der Waals surface area contributed by atoms with Gasteiger partial charge in [-0.05, 0) is 67.7 Å². The number of urea groups is 1. The fourth-order valence-corrected chi connectivity index (χ4v) is 3.91. The molecule has 2 amide bonds. The van der Waals surface area contributed by atoms with Crippen LogP contribution in [0, 0.1) is 13.8 Å². The summed E-state index contributed by atoms with van der Waals surface area (Å²) >= 11 is 6.06. The number of pyridine rings is 1. The van der Waals surface area contributed by atoms with Crippen LogP contribution in [0.4, 0.5) is 10.5 Å². The molecule has 0 saturated carbocycles. The first-order valence-electron chi connectivity index (χ1n) is 11.0. The highest BCUT2D eigenvalue weighted by atomic mass is 35.5. The van der Waals surface area contributed by atoms with E-state index >= 15 is 0 Å². The SMILES string of the molecule is CCN(CC)CCN(Cc1cc2ccc(C)c(C)c2[nH]c1=O)C(=O)Nc1cccc(Cl)c1. The van der Waals surface area contributed by atoms with Crippen molar-refractivity contribution in [2.24, 2.45) is 0 Å². The topological polar surface area (TPSA) is 68.4 Å². The molecule has 3 rings (SSSR count). The molecule has 0 radical (unpaired) electrons. The number of carbonyl (C=O) groups is 1. The summed E-state index contributed by atoms with van der Waals surface area (Å²) in [6.07, 6.45) is 0. The van der Waals surface area contributed by atoms with Gasteiger partial charge >= 0.3 is 6.03 Å². The normalized spacial score (nSPS) is 11.2. The predicted octanol–water partition coefficient (Wildman–Crippen LogP) is 5.17. The number of aromatic nitrogens is 1. The van der Waals surface area contributed by atoms with Crippen LogP contribution >= 0.6 is 11.6 Å². The molecule has 7 heteroatoms. The number of nitrogens with one attached hydrogen (secondary N) is 2. The molecule has 3 aromatic rings. The number of anilines is 1. The van der Waals surface area contributed by atoms with Crippen LogP contribution in [0.25, 0.3) is 10.9 Å². The predicted molar refractivity (Wildman–Crippen MR) is 133 cm³/mol. The zero-order valence-corrected chi connectivity index (χ0v) is 19.9. The maximum atomic E-state index is 13.1. The number of nitrogens with zero attached hydrogens (tertiary/aromatic N) is 2. The van der Waals surface area contributed by atoms with Crippen LogP contribution in [0.15, 0.2) is 47.3 Å². The third-order valence-corrected chi connectivity index (χ3v) is 6.17. The molecule has 0 aliphatic rings. The number of fused-ring (bicyclic) bond motifs is 1. The van der Waals surface area contributed by atoms with Gasteiger partial charge in [0.25, 0.3) is 5.56 Å². The number of aryl methyl sites for hydroxylation is 2. The van der Waals surface area contributed by atoms with Gasteiger partial charge in [0.15, 0.2) is 0 Å². The first kappa shape index (κ1) is 23.8. The summed E-state index contributed by atoms with van der Waals surface area (Å²) in [6.45, 7) is 11.4. The van der Waals surface area contributed by atoms with Crippen LogP contribution in [0.3, 0.4) is 0 Å². The number of H-pyrrole nitrogens is 1. The smallest absolute Gasteiger partial charge is 0.321 e. The number of hydrogen-bond donors (Lipinski definition) is 2. The van der Waals surface area contributed by atoms with Crippen LogP contribution in [-0.2, 0) is 6.54 Å². The van der Waals surface area contributed by atoms with Crippen molar-refractivity contribution in [2.75, 3.05) is 31.5 Å². The van der Waals surface area contributed by atoms with Crippen molar-refractivity contribution in [1.29, 1.82) is 0 Å². The number of carbonyl (C=O) groups excluding carboxylic acids is 1. The van der Waals surface area contributed by atoms with Gasteiger partial charge in [-0.15, -0.1) is 0 Å². The minimum Gasteiger partial charge on any atom is -0.321 e. The zero-order valence-electron chi connectivity index (χ0n) is 19.2. The molecule has 0 spiro atoms. The van der Waals surface area contributed by atoms with Crippen molar-refractivity contribution in [3.8, 4) is 0 Å². The Morgan fingerprint density at radius 2 is 1.81 bits per heavy atom. The summed E-state index contributed by atoms with van der Waals surface area (Å²) in [4.78, 5) is 32.9. The largest absolute Gasteiger partial charge is 0.322 e. The fourth-order valence-electron chi connectivity index (χ4n) is 3.72. The van der Waals surface area contributed by atoms with E-state index in [2.05, 4.69) is 29.0 Å². The summed E-state index contributed by atoms with van der Waals surface area (Å²) in [5.74, 6) is 0. The number of halogens is 1. The maximum Gasteiger partial charge on any atom is 0.322 e. The average molecular weight is 455 g/mol. The van der Waals surface area contributed by atoms with Gasteiger partial charge < -0.3 is 20.1 Å². The number of likely N-dealkylation sites (N-methyl/N-ethyl adjacent to an activating group) is 1. The van der Waals surface area contributed by atoms with E-state index in [1.807, 2.05) is 32.0 Å². The highest BCUT2D eigenvalue weighted by molar-refractivity contribution is 6.30. The van der Waals surface area contributed by atoms with E-state index in [0.717, 1.165) is 41.7 Å². The molecule has 0 bridgehead atoms. The second-order valence-electron chi connectivity index (χ2n) is 7.98. The van der Waals surface area contributed by atoms with E-state index in [4.69, 9.17) is 11.6 Å². The molecule has 2 aromatic carbocycles. The minimum absolute atomic E-state index is 0.172. The highest BCUT2D eigenvalue weighted by Crippen LogP contribution is 2.20. The molecule has 2 N–H and O–H groups in total. The van der Waals surface area contributed by atoms with E-state index < -0.39 is 0 Å². The molecule has 0 fully saturated rings. The van der Waals surface area contributed by atoms with Crippen LogP contribution in [-0.4, -0.2) is 47.0 Å². The number of aromatic amines is 1. The Morgan fingerprint density at radius 1 is 1.06 bits per heavy atom. The lowest BCUT2D eigenvalue weighted by Gasteiger charge is -2.27. The number of benzene rings is 2. The molecule has 0 aliphatic carbocycles. The van der Waals surface area contributed by atoms with Crippen molar-refractivity contribution in [3.63, 3.8) is 0 Å². The second-order valence-corrected chi connectivity index (χ2v) is 8.42. The monoisotopic (exact) mass is 454 g/mol. The lowest BCUT2D eigenvalue weighted by molar-refractivity contribution is 0.194. The Kier molecular flexibility index (Phi) is 7.94. The Morgan fingerprint density at radius 3 is 2.50 bits per heavy atom. The van der Waals surface area contributed by atoms with Crippen molar-refractivity contribution in [3.05, 3.63) is 74.5 Å². The third kappa shape index (κ3) is 5.69. The van der Waals surface area contributed by atoms with E-state index in [-0.39, 0.29) is 18.1 Å². The summed E-state index contributed by atoms with van der Waals surface area (Å²) in [5.41, 5.74) is 4.03. The van der Waals surface area contributed by atoms with Crippen molar-refractivity contribution in [1.82, 2.24) is 14.8 Å². The van der Waals surface area contributed by atoms with Crippen LogP contribution in [0.5, 0.6) is 0 Å². The van der Waals surface area contributed by atoms with E-state index in [1.54, 1.807) is 29.2 Å². The van der Waals surface area contributed by atoms with Gasteiger partial charge in [-0.2, -0.15) is 0 Å². The first-order chi connectivity index (χ1) is 15.3. The Hall–Kier alpha value is -2.83. The van der Waals surface area contributed by atoms with Gasteiger partial charge in [-0.25, -0.2) is 4.79 Å². The molecule has 0 atom stereocenters. The standard InChI is InChI=1S/C25H31ClN4O2/c1-5-29(6-2)12-13-30(25(32)27-22-9-7-8-21(26)15-22)16-20-14-19-11-10-17(3)18(4)23(19)28-24(20)31/h7-11,14-15H,5-6,12-13,16H2,1-4H3,(H,27,32)(H,28,31). The number of hydrogen-bond acceptors (Lipinski definition) is 3. The minimum atomic E-state index is -0.265.